The standard InChI is InChI=1S/C32H34F2N8O2/c1-18-11-20(12-26(36)30(18)39-19(2)43)23-5-8-37-16-28(23)40-31-38-15-22-3-4-27(41-42(22)31)29-24(33)13-21(14-25(29)34)32(17-35)6-9-44-10-7-32/h3-5,8,13-16,18,20,26,30H,6-7,9-12,36H2,1-2H3,(H,38,40)(H,39,43)/t18-,20+,26+,30-/m0/s1. The molecule has 1 aliphatic carbocycles. The highest BCUT2D eigenvalue weighted by Crippen LogP contribution is 2.40. The fourth-order valence-electron chi connectivity index (χ4n) is 6.69. The number of rotatable bonds is 6. The zero-order chi connectivity index (χ0) is 31.0. The van der Waals surface area contributed by atoms with Gasteiger partial charge in [-0.1, -0.05) is 6.92 Å². The molecule has 44 heavy (non-hydrogen) atoms. The van der Waals surface area contributed by atoms with Crippen molar-refractivity contribution in [2.75, 3.05) is 18.5 Å². The molecule has 1 saturated heterocycles. The predicted octanol–water partition coefficient (Wildman–Crippen LogP) is 4.73. The van der Waals surface area contributed by atoms with E-state index in [0.29, 0.717) is 49.5 Å². The van der Waals surface area contributed by atoms with Gasteiger partial charge < -0.3 is 21.1 Å². The first-order valence-electron chi connectivity index (χ1n) is 14.8. The lowest BCUT2D eigenvalue weighted by atomic mass is 9.73. The summed E-state index contributed by atoms with van der Waals surface area (Å²) in [5, 5.41) is 20.7. The largest absolute Gasteiger partial charge is 0.381 e. The average Bonchev–Trinajstić information content (AvgIpc) is 3.41. The molecule has 1 aromatic carbocycles. The highest BCUT2D eigenvalue weighted by Gasteiger charge is 2.37. The second kappa shape index (κ2) is 11.9. The van der Waals surface area contributed by atoms with Crippen molar-refractivity contribution in [1.29, 1.82) is 5.26 Å². The number of nitrogens with zero attached hydrogens (tertiary/aromatic N) is 5. The van der Waals surface area contributed by atoms with E-state index in [0.717, 1.165) is 17.7 Å². The number of nitrogens with two attached hydrogens (primary N) is 1. The Morgan fingerprint density at radius 1 is 1.16 bits per heavy atom. The lowest BCUT2D eigenvalue weighted by Gasteiger charge is -2.39. The monoisotopic (exact) mass is 600 g/mol. The molecule has 0 unspecified atom stereocenters. The molecule has 4 heterocycles. The maximum atomic E-state index is 15.5. The van der Waals surface area contributed by atoms with E-state index in [1.54, 1.807) is 30.7 Å². The minimum Gasteiger partial charge on any atom is -0.381 e. The zero-order valence-electron chi connectivity index (χ0n) is 24.6. The van der Waals surface area contributed by atoms with Gasteiger partial charge >= 0.3 is 0 Å². The summed E-state index contributed by atoms with van der Waals surface area (Å²) in [6.45, 7) is 4.30. The molecule has 4 atom stereocenters. The van der Waals surface area contributed by atoms with Gasteiger partial charge in [0.1, 0.15) is 11.6 Å². The number of nitrogens with one attached hydrogen (secondary N) is 2. The predicted molar refractivity (Wildman–Crippen MR) is 160 cm³/mol. The highest BCUT2D eigenvalue weighted by molar-refractivity contribution is 5.73. The smallest absolute Gasteiger partial charge is 0.229 e. The van der Waals surface area contributed by atoms with Gasteiger partial charge in [0, 0.05) is 38.4 Å². The second-order valence-electron chi connectivity index (χ2n) is 11.9. The Balaban J connectivity index is 1.30. The average molecular weight is 601 g/mol. The SMILES string of the molecule is CC(=O)N[C@@H]1[C@H](N)C[C@H](c2ccncc2Nc2ncc3ccc(-c4c(F)cc(C5(C#N)CCOCC5)cc4F)nn23)C[C@@H]1C. The number of hydrogen-bond acceptors (Lipinski definition) is 8. The molecule has 4 N–H and O–H groups in total. The van der Waals surface area contributed by atoms with E-state index in [2.05, 4.69) is 38.7 Å². The molecule has 2 aliphatic rings. The lowest BCUT2D eigenvalue weighted by Crippen LogP contribution is -2.54. The molecule has 0 spiro atoms. The van der Waals surface area contributed by atoms with E-state index in [1.807, 2.05) is 6.07 Å². The van der Waals surface area contributed by atoms with Gasteiger partial charge in [-0.3, -0.25) is 9.78 Å². The Kier molecular flexibility index (Phi) is 8.00. The van der Waals surface area contributed by atoms with Gasteiger partial charge in [0.05, 0.1) is 46.3 Å². The summed E-state index contributed by atoms with van der Waals surface area (Å²) < 4.78 is 38.0. The van der Waals surface area contributed by atoms with Crippen LogP contribution in [0, 0.1) is 28.9 Å². The molecule has 0 radical (unpaired) electrons. The molecule has 3 aromatic heterocycles. The maximum absolute atomic E-state index is 15.5. The Morgan fingerprint density at radius 2 is 1.91 bits per heavy atom. The summed E-state index contributed by atoms with van der Waals surface area (Å²) in [4.78, 5) is 20.5. The lowest BCUT2D eigenvalue weighted by molar-refractivity contribution is -0.120. The van der Waals surface area contributed by atoms with E-state index < -0.39 is 17.0 Å². The van der Waals surface area contributed by atoms with Gasteiger partial charge in [-0.05, 0) is 79.0 Å². The van der Waals surface area contributed by atoms with Gasteiger partial charge in [0.15, 0.2) is 0 Å². The molecule has 12 heteroatoms. The molecule has 1 saturated carbocycles. The van der Waals surface area contributed by atoms with Crippen molar-refractivity contribution in [3.05, 3.63) is 71.7 Å². The quantitative estimate of drug-likeness (QED) is 0.288. The minimum atomic E-state index is -0.996. The van der Waals surface area contributed by atoms with Crippen LogP contribution in [0.25, 0.3) is 16.8 Å². The van der Waals surface area contributed by atoms with Crippen LogP contribution in [0.4, 0.5) is 20.4 Å². The number of amides is 1. The number of ether oxygens (including phenoxy) is 1. The highest BCUT2D eigenvalue weighted by atomic mass is 19.1. The fraction of sp³-hybridized carbons (Fsp3) is 0.406. The molecule has 6 rings (SSSR count). The van der Waals surface area contributed by atoms with Crippen LogP contribution in [0.2, 0.25) is 0 Å². The molecular weight excluding hydrogens is 566 g/mol. The molecule has 10 nitrogen and oxygen atoms in total. The minimum absolute atomic E-state index is 0.0839. The third-order valence-corrected chi connectivity index (χ3v) is 8.99. The maximum Gasteiger partial charge on any atom is 0.229 e. The van der Waals surface area contributed by atoms with Crippen molar-refractivity contribution in [1.82, 2.24) is 24.9 Å². The Labute approximate surface area is 253 Å². The summed E-state index contributed by atoms with van der Waals surface area (Å²) in [5.41, 5.74) is 7.96. The molecular formula is C32H34F2N8O2. The second-order valence-corrected chi connectivity index (χ2v) is 11.9. The number of nitriles is 1. The van der Waals surface area contributed by atoms with Crippen molar-refractivity contribution in [3.8, 4) is 17.3 Å². The number of anilines is 2. The molecule has 2 fully saturated rings. The molecule has 0 bridgehead atoms. The number of hydrogen-bond donors (Lipinski definition) is 3. The van der Waals surface area contributed by atoms with Crippen LogP contribution in [0.15, 0.2) is 48.9 Å². The molecule has 228 valence electrons. The van der Waals surface area contributed by atoms with E-state index in [4.69, 9.17) is 10.5 Å². The number of benzene rings is 1. The zero-order valence-corrected chi connectivity index (χ0v) is 24.6. The summed E-state index contributed by atoms with van der Waals surface area (Å²) >= 11 is 0. The Bertz CT molecular complexity index is 1710. The van der Waals surface area contributed by atoms with Gasteiger partial charge in [0.2, 0.25) is 11.9 Å². The van der Waals surface area contributed by atoms with Gasteiger partial charge in [-0.2, -0.15) is 14.9 Å². The van der Waals surface area contributed by atoms with E-state index in [-0.39, 0.29) is 41.1 Å². The van der Waals surface area contributed by atoms with Crippen molar-refractivity contribution in [3.63, 3.8) is 0 Å². The van der Waals surface area contributed by atoms with Gasteiger partial charge in [-0.15, -0.1) is 0 Å². The number of aromatic nitrogens is 4. The first kappa shape index (κ1) is 29.6. The normalized spacial score (nSPS) is 23.2. The van der Waals surface area contributed by atoms with Crippen LogP contribution < -0.4 is 16.4 Å². The first-order valence-corrected chi connectivity index (χ1v) is 14.8. The fourth-order valence-corrected chi connectivity index (χ4v) is 6.69. The van der Waals surface area contributed by atoms with Gasteiger partial charge in [0.25, 0.3) is 0 Å². The number of halogens is 2. The summed E-state index contributed by atoms with van der Waals surface area (Å²) in [7, 11) is 0. The van der Waals surface area contributed by atoms with Crippen molar-refractivity contribution >= 4 is 23.1 Å². The Morgan fingerprint density at radius 3 is 2.59 bits per heavy atom. The van der Waals surface area contributed by atoms with E-state index in [1.165, 1.54) is 23.6 Å². The van der Waals surface area contributed by atoms with E-state index >= 15 is 8.78 Å². The first-order chi connectivity index (χ1) is 21.2. The van der Waals surface area contributed by atoms with Crippen LogP contribution in [0.1, 0.15) is 56.6 Å². The third kappa shape index (κ3) is 5.49. The third-order valence-electron chi connectivity index (χ3n) is 8.99. The van der Waals surface area contributed by atoms with E-state index in [9.17, 15) is 10.1 Å². The van der Waals surface area contributed by atoms with Crippen molar-refractivity contribution < 1.29 is 18.3 Å². The summed E-state index contributed by atoms with van der Waals surface area (Å²) in [5.74, 6) is -1.06. The number of fused-ring (bicyclic) bond motifs is 1. The van der Waals surface area contributed by atoms with Crippen LogP contribution >= 0.6 is 0 Å². The number of carbonyl (C=O) groups is 1. The molecule has 4 aromatic rings. The topological polar surface area (TPSA) is 143 Å². The van der Waals surface area contributed by atoms with Crippen LogP contribution in [-0.2, 0) is 14.9 Å². The van der Waals surface area contributed by atoms with Gasteiger partial charge in [-0.25, -0.2) is 13.8 Å². The van der Waals surface area contributed by atoms with Crippen LogP contribution in [0.5, 0.6) is 0 Å². The molecule has 1 amide bonds. The Hall–Kier alpha value is -4.47. The molecule has 1 aliphatic heterocycles. The number of pyridine rings is 1. The summed E-state index contributed by atoms with van der Waals surface area (Å²) in [6.07, 6.45) is 7.27. The van der Waals surface area contributed by atoms with Crippen LogP contribution in [0.3, 0.4) is 0 Å². The van der Waals surface area contributed by atoms with Crippen molar-refractivity contribution in [2.24, 2.45) is 11.7 Å². The van der Waals surface area contributed by atoms with Crippen LogP contribution in [-0.4, -0.2) is 50.8 Å². The number of imidazole rings is 1. The summed E-state index contributed by atoms with van der Waals surface area (Å²) in [6, 6.07) is 9.60. The number of carbonyl (C=O) groups excluding carboxylic acids is 1. The van der Waals surface area contributed by atoms with Crippen molar-refractivity contribution in [2.45, 2.75) is 62.9 Å².